The van der Waals surface area contributed by atoms with Crippen LogP contribution in [0.25, 0.3) is 0 Å². The summed E-state index contributed by atoms with van der Waals surface area (Å²) in [5.41, 5.74) is 5.34. The molecule has 3 rings (SSSR count). The SMILES string of the molecule is CC(=O)O.N=C(N)c1ccc(C(=O)N2CCN(S(=O)(=O)c3ccc(C(F)(F)F)cc3)CC2)cc1. The summed E-state index contributed by atoms with van der Waals surface area (Å²) in [6.45, 7) is 1.43. The molecule has 9 nitrogen and oxygen atoms in total. The lowest BCUT2D eigenvalue weighted by Crippen LogP contribution is -2.50. The third-order valence-electron chi connectivity index (χ3n) is 4.79. The average molecular weight is 500 g/mol. The maximum absolute atomic E-state index is 12.7. The van der Waals surface area contributed by atoms with Gasteiger partial charge in [0.05, 0.1) is 10.5 Å². The number of amidine groups is 1. The molecule has 0 radical (unpaired) electrons. The number of amides is 1. The number of carboxylic acids is 1. The van der Waals surface area contributed by atoms with Crippen molar-refractivity contribution in [3.63, 3.8) is 0 Å². The number of aliphatic carboxylic acids is 1. The van der Waals surface area contributed by atoms with Gasteiger partial charge in [0.2, 0.25) is 10.0 Å². The molecule has 1 amide bonds. The lowest BCUT2D eigenvalue weighted by Gasteiger charge is -2.34. The monoisotopic (exact) mass is 500 g/mol. The molecule has 1 aliphatic rings. The second-order valence-corrected chi connectivity index (χ2v) is 9.17. The number of nitrogen functional groups attached to an aromatic ring is 1. The highest BCUT2D eigenvalue weighted by molar-refractivity contribution is 7.89. The van der Waals surface area contributed by atoms with Gasteiger partial charge in [-0.05, 0) is 36.4 Å². The third-order valence-corrected chi connectivity index (χ3v) is 6.70. The number of carbonyl (C=O) groups is 2. The second-order valence-electron chi connectivity index (χ2n) is 7.23. The van der Waals surface area contributed by atoms with E-state index in [-0.39, 0.29) is 42.8 Å². The molecule has 0 unspecified atom stereocenters. The number of hydrogen-bond acceptors (Lipinski definition) is 5. The number of halogens is 3. The zero-order valence-corrected chi connectivity index (χ0v) is 18.9. The largest absolute Gasteiger partial charge is 0.481 e. The summed E-state index contributed by atoms with van der Waals surface area (Å²) >= 11 is 0. The van der Waals surface area contributed by atoms with Crippen LogP contribution < -0.4 is 5.73 Å². The number of hydrogen-bond donors (Lipinski definition) is 3. The Balaban J connectivity index is 0.000000945. The van der Waals surface area contributed by atoms with E-state index < -0.39 is 27.7 Å². The molecule has 0 bridgehead atoms. The first-order valence-electron chi connectivity index (χ1n) is 9.84. The summed E-state index contributed by atoms with van der Waals surface area (Å²) in [6.07, 6.45) is -4.54. The Morgan fingerprint density at radius 1 is 0.941 bits per heavy atom. The van der Waals surface area contributed by atoms with Crippen LogP contribution in [0.3, 0.4) is 0 Å². The lowest BCUT2D eigenvalue weighted by molar-refractivity contribution is -0.137. The first kappa shape index (κ1) is 26.8. The van der Waals surface area contributed by atoms with Gasteiger partial charge in [0.15, 0.2) is 0 Å². The molecular weight excluding hydrogens is 477 g/mol. The van der Waals surface area contributed by atoms with Gasteiger partial charge in [-0.25, -0.2) is 8.42 Å². The van der Waals surface area contributed by atoms with Gasteiger partial charge in [0.25, 0.3) is 11.9 Å². The van der Waals surface area contributed by atoms with E-state index in [0.29, 0.717) is 11.1 Å². The highest BCUT2D eigenvalue weighted by Gasteiger charge is 2.33. The highest BCUT2D eigenvalue weighted by atomic mass is 32.2. The fourth-order valence-corrected chi connectivity index (χ4v) is 4.49. The lowest BCUT2D eigenvalue weighted by atomic mass is 10.1. The van der Waals surface area contributed by atoms with Crippen LogP contribution in [-0.4, -0.2) is 66.6 Å². The summed E-state index contributed by atoms with van der Waals surface area (Å²) < 4.78 is 64.6. The number of nitrogens with one attached hydrogen (secondary N) is 1. The number of carbonyl (C=O) groups excluding carboxylic acids is 1. The molecule has 2 aromatic carbocycles. The fraction of sp³-hybridized carbons (Fsp3) is 0.286. The van der Waals surface area contributed by atoms with Gasteiger partial charge >= 0.3 is 6.18 Å². The minimum atomic E-state index is -4.54. The zero-order chi connectivity index (χ0) is 25.7. The number of nitrogens with two attached hydrogens (primary N) is 1. The first-order valence-corrected chi connectivity index (χ1v) is 11.3. The van der Waals surface area contributed by atoms with Crippen LogP contribution in [0.1, 0.15) is 28.4 Å². The Morgan fingerprint density at radius 3 is 1.79 bits per heavy atom. The van der Waals surface area contributed by atoms with Crippen LogP contribution in [-0.2, 0) is 21.0 Å². The Bertz CT molecular complexity index is 1140. The van der Waals surface area contributed by atoms with Gasteiger partial charge in [0.1, 0.15) is 5.84 Å². The summed E-state index contributed by atoms with van der Waals surface area (Å²) in [5.74, 6) is -1.23. The number of nitrogens with zero attached hydrogens (tertiary/aromatic N) is 2. The molecule has 0 saturated carbocycles. The minimum Gasteiger partial charge on any atom is -0.481 e. The van der Waals surface area contributed by atoms with E-state index in [4.69, 9.17) is 21.0 Å². The van der Waals surface area contributed by atoms with E-state index in [2.05, 4.69) is 0 Å². The van der Waals surface area contributed by atoms with Gasteiger partial charge in [0, 0.05) is 44.2 Å². The zero-order valence-electron chi connectivity index (χ0n) is 18.0. The number of sulfonamides is 1. The van der Waals surface area contributed by atoms with Gasteiger partial charge in [-0.3, -0.25) is 15.0 Å². The van der Waals surface area contributed by atoms with Crippen molar-refractivity contribution in [2.75, 3.05) is 26.2 Å². The van der Waals surface area contributed by atoms with Crippen molar-refractivity contribution in [2.24, 2.45) is 5.73 Å². The van der Waals surface area contributed by atoms with E-state index >= 15 is 0 Å². The summed E-state index contributed by atoms with van der Waals surface area (Å²) in [6, 6.07) is 9.55. The minimum absolute atomic E-state index is 0.0284. The maximum Gasteiger partial charge on any atom is 0.416 e. The van der Waals surface area contributed by atoms with Gasteiger partial charge in [-0.1, -0.05) is 12.1 Å². The summed E-state index contributed by atoms with van der Waals surface area (Å²) in [5, 5.41) is 14.8. The molecule has 0 spiro atoms. The van der Waals surface area contributed by atoms with Crippen LogP contribution in [0.15, 0.2) is 53.4 Å². The fourth-order valence-electron chi connectivity index (χ4n) is 3.07. The van der Waals surface area contributed by atoms with Crippen molar-refractivity contribution in [3.05, 3.63) is 65.2 Å². The van der Waals surface area contributed by atoms with Gasteiger partial charge < -0.3 is 15.7 Å². The summed E-state index contributed by atoms with van der Waals surface area (Å²) in [4.78, 5) is 22.9. The second kappa shape index (κ2) is 10.7. The van der Waals surface area contributed by atoms with Crippen molar-refractivity contribution in [2.45, 2.75) is 18.0 Å². The Kier molecular flexibility index (Phi) is 8.40. The molecular formula is C21H23F3N4O5S. The van der Waals surface area contributed by atoms with E-state index in [1.807, 2.05) is 0 Å². The maximum atomic E-state index is 12.7. The molecule has 0 aliphatic carbocycles. The third kappa shape index (κ3) is 6.78. The van der Waals surface area contributed by atoms with Gasteiger partial charge in [-0.15, -0.1) is 0 Å². The van der Waals surface area contributed by atoms with Crippen molar-refractivity contribution in [1.29, 1.82) is 5.41 Å². The Hall–Kier alpha value is -3.45. The highest BCUT2D eigenvalue weighted by Crippen LogP contribution is 2.30. The topological polar surface area (TPSA) is 145 Å². The van der Waals surface area contributed by atoms with E-state index in [1.54, 1.807) is 24.3 Å². The van der Waals surface area contributed by atoms with Gasteiger partial charge in [-0.2, -0.15) is 17.5 Å². The molecule has 34 heavy (non-hydrogen) atoms. The smallest absolute Gasteiger partial charge is 0.416 e. The quantitative estimate of drug-likeness (QED) is 0.434. The van der Waals surface area contributed by atoms with Crippen LogP contribution in [0.4, 0.5) is 13.2 Å². The first-order chi connectivity index (χ1) is 15.7. The molecule has 1 fully saturated rings. The predicted molar refractivity (Wildman–Crippen MR) is 117 cm³/mol. The number of piperazine rings is 1. The van der Waals surface area contributed by atoms with Crippen molar-refractivity contribution in [3.8, 4) is 0 Å². The van der Waals surface area contributed by atoms with Crippen LogP contribution in [0.2, 0.25) is 0 Å². The molecule has 1 heterocycles. The number of alkyl halides is 3. The Morgan fingerprint density at radius 2 is 1.38 bits per heavy atom. The molecule has 1 saturated heterocycles. The van der Waals surface area contributed by atoms with E-state index in [0.717, 1.165) is 35.5 Å². The molecule has 0 atom stereocenters. The number of benzene rings is 2. The molecule has 4 N–H and O–H groups in total. The van der Waals surface area contributed by atoms with E-state index in [9.17, 15) is 26.4 Å². The molecule has 2 aromatic rings. The predicted octanol–water partition coefficient (Wildman–Crippen LogP) is 2.23. The van der Waals surface area contributed by atoms with Crippen LogP contribution in [0, 0.1) is 5.41 Å². The molecule has 13 heteroatoms. The standard InChI is InChI=1S/C19H19F3N4O3S.C2H4O2/c20-19(21,22)15-5-7-16(8-6-15)30(28,29)26-11-9-25(10-12-26)18(27)14-3-1-13(2-4-14)17(23)24;1-2(3)4/h1-8H,9-12H2,(H3,23,24);1H3,(H,3,4). The molecule has 184 valence electrons. The molecule has 0 aromatic heterocycles. The average Bonchev–Trinajstić information content (AvgIpc) is 2.78. The van der Waals surface area contributed by atoms with Crippen LogP contribution in [0.5, 0.6) is 0 Å². The van der Waals surface area contributed by atoms with Crippen molar-refractivity contribution >= 4 is 27.7 Å². The number of carboxylic acid groups (broad SMARTS) is 1. The summed E-state index contributed by atoms with van der Waals surface area (Å²) in [7, 11) is -3.96. The molecule has 1 aliphatic heterocycles. The number of rotatable bonds is 4. The van der Waals surface area contributed by atoms with Crippen molar-refractivity contribution in [1.82, 2.24) is 9.21 Å². The van der Waals surface area contributed by atoms with Crippen LogP contribution >= 0.6 is 0 Å². The Labute approximate surface area is 194 Å². The normalized spacial score (nSPS) is 14.6. The van der Waals surface area contributed by atoms with E-state index in [1.165, 1.54) is 4.90 Å². The van der Waals surface area contributed by atoms with Crippen molar-refractivity contribution < 1.29 is 36.3 Å².